The Morgan fingerprint density at radius 1 is 0.933 bits per heavy atom. The predicted molar refractivity (Wildman–Crippen MR) is 215 cm³/mol. The van der Waals surface area contributed by atoms with Gasteiger partial charge in [0, 0.05) is 50.2 Å². The van der Waals surface area contributed by atoms with Gasteiger partial charge in [0.2, 0.25) is 17.6 Å². The van der Waals surface area contributed by atoms with Gasteiger partial charge < -0.3 is 10.4 Å². The molecular weight excluding hydrogens is 778 g/mol. The molecule has 2 aliphatic heterocycles. The van der Waals surface area contributed by atoms with Gasteiger partial charge in [0.05, 0.1) is 39.5 Å². The average molecular weight is 821 g/mol. The Morgan fingerprint density at radius 2 is 1.75 bits per heavy atom. The number of benzene rings is 3. The second kappa shape index (κ2) is 15.7. The second-order valence-corrected chi connectivity index (χ2v) is 16.3. The summed E-state index contributed by atoms with van der Waals surface area (Å²) in [5.74, 6) is -7.80. The molecule has 0 unspecified atom stereocenters. The van der Waals surface area contributed by atoms with Gasteiger partial charge in [0.25, 0.3) is 5.91 Å². The van der Waals surface area contributed by atoms with E-state index in [9.17, 15) is 37.5 Å². The number of aromatic nitrogens is 5. The summed E-state index contributed by atoms with van der Waals surface area (Å²) in [7, 11) is 1.71. The first-order valence-electron chi connectivity index (χ1n) is 20.3. The van der Waals surface area contributed by atoms with Crippen LogP contribution in [0.15, 0.2) is 65.6 Å². The zero-order chi connectivity index (χ0) is 41.8. The molecule has 2 fully saturated rings. The average Bonchev–Trinajstić information content (AvgIpc) is 3.93. The van der Waals surface area contributed by atoms with E-state index in [1.54, 1.807) is 11.6 Å². The number of carbonyl (C=O) groups excluding carboxylic acids is 3. The fourth-order valence-corrected chi connectivity index (χ4v) is 9.02. The molecular formula is C44H43F3N8O5. The van der Waals surface area contributed by atoms with Crippen LogP contribution in [0.25, 0.3) is 33.2 Å². The Labute approximate surface area is 341 Å². The van der Waals surface area contributed by atoms with Gasteiger partial charge in [-0.3, -0.25) is 43.4 Å². The third kappa shape index (κ3) is 7.33. The summed E-state index contributed by atoms with van der Waals surface area (Å²) in [6, 6.07) is 16.3. The Bertz CT molecular complexity index is 2770. The van der Waals surface area contributed by atoms with E-state index in [0.717, 1.165) is 97.1 Å². The number of imide groups is 1. The summed E-state index contributed by atoms with van der Waals surface area (Å²) in [5, 5.41) is 20.1. The molecule has 1 saturated heterocycles. The number of imidazole rings is 1. The van der Waals surface area contributed by atoms with Crippen molar-refractivity contribution < 1.29 is 32.7 Å². The molecule has 5 heterocycles. The van der Waals surface area contributed by atoms with Crippen molar-refractivity contribution in [2.24, 2.45) is 13.0 Å². The largest absolute Gasteiger partial charge is 0.503 e. The number of nitrogens with zero attached hydrogens (tertiary/aromatic N) is 6. The minimum absolute atomic E-state index is 0.111. The molecule has 6 aromatic rings. The number of hydrogen-bond acceptors (Lipinski definition) is 8. The van der Waals surface area contributed by atoms with Gasteiger partial charge in [-0.1, -0.05) is 24.3 Å². The molecule has 3 amide bonds. The number of aryl methyl sites for hydroxylation is 2. The van der Waals surface area contributed by atoms with Crippen LogP contribution in [-0.4, -0.2) is 64.7 Å². The molecule has 1 saturated carbocycles. The smallest absolute Gasteiger partial charge is 0.329 e. The molecule has 3 N–H and O–H groups in total. The lowest BCUT2D eigenvalue weighted by atomic mass is 9.86. The number of halogens is 3. The highest BCUT2D eigenvalue weighted by molar-refractivity contribution is 6.00. The molecule has 9 rings (SSSR count). The van der Waals surface area contributed by atoms with Crippen molar-refractivity contribution in [3.05, 3.63) is 111 Å². The lowest BCUT2D eigenvalue weighted by Crippen LogP contribution is -2.44. The Morgan fingerprint density at radius 3 is 2.55 bits per heavy atom. The van der Waals surface area contributed by atoms with Crippen molar-refractivity contribution in [3.63, 3.8) is 0 Å². The number of phenols is 1. The highest BCUT2D eigenvalue weighted by Crippen LogP contribution is 2.34. The van der Waals surface area contributed by atoms with Crippen molar-refractivity contribution in [2.75, 3.05) is 13.1 Å². The molecule has 1 aliphatic carbocycles. The first-order chi connectivity index (χ1) is 28.9. The van der Waals surface area contributed by atoms with Gasteiger partial charge in [-0.25, -0.2) is 13.6 Å². The number of fused-ring (bicyclic) bond motifs is 3. The molecule has 310 valence electrons. The third-order valence-electron chi connectivity index (χ3n) is 12.4. The second-order valence-electron chi connectivity index (χ2n) is 16.3. The van der Waals surface area contributed by atoms with Gasteiger partial charge in [0.15, 0.2) is 17.4 Å². The van der Waals surface area contributed by atoms with E-state index in [4.69, 9.17) is 10.1 Å². The number of phenolic OH excluding ortho intramolecular Hbond substituents is 1. The van der Waals surface area contributed by atoms with E-state index in [-0.39, 0.29) is 36.5 Å². The maximum atomic E-state index is 14.2. The van der Waals surface area contributed by atoms with Crippen molar-refractivity contribution in [1.82, 2.24) is 39.4 Å². The molecule has 0 spiro atoms. The van der Waals surface area contributed by atoms with Crippen LogP contribution in [0.1, 0.15) is 84.2 Å². The van der Waals surface area contributed by atoms with Crippen LogP contribution in [-0.2, 0) is 36.1 Å². The predicted octanol–water partition coefficient (Wildman–Crippen LogP) is 5.96. The number of carbonyl (C=O) groups is 3. The highest BCUT2D eigenvalue weighted by atomic mass is 19.2. The fraction of sp³-hybridized carbons (Fsp3) is 0.364. The SMILES string of the molecule is Cn1c(=O)n([C@@H]2CCC(=O)NC2=O)c2ccc(CCCN3Cc4ccc(-c5ccc6cn(C7CCC(CNC(=O)c8cc(F)c(O)c(F)c8F)CC7)nc6c5)nc4C3)cc21. The van der Waals surface area contributed by atoms with Crippen molar-refractivity contribution >= 4 is 39.7 Å². The monoisotopic (exact) mass is 820 g/mol. The van der Waals surface area contributed by atoms with Crippen molar-refractivity contribution in [2.45, 2.75) is 76.5 Å². The number of hydrogen-bond donors (Lipinski definition) is 3. The topological polar surface area (TPSA) is 156 Å². The number of amides is 3. The van der Waals surface area contributed by atoms with Gasteiger partial charge >= 0.3 is 5.69 Å². The van der Waals surface area contributed by atoms with Gasteiger partial charge in [0.1, 0.15) is 6.04 Å². The van der Waals surface area contributed by atoms with Crippen LogP contribution in [0, 0.1) is 23.4 Å². The molecule has 13 nitrogen and oxygen atoms in total. The van der Waals surface area contributed by atoms with Crippen LogP contribution in [0.2, 0.25) is 0 Å². The van der Waals surface area contributed by atoms with Crippen LogP contribution < -0.4 is 16.3 Å². The summed E-state index contributed by atoms with van der Waals surface area (Å²) >= 11 is 0. The zero-order valence-corrected chi connectivity index (χ0v) is 32.9. The first kappa shape index (κ1) is 39.2. The third-order valence-corrected chi connectivity index (χ3v) is 12.4. The molecule has 3 aromatic heterocycles. The molecule has 3 aromatic carbocycles. The number of pyridine rings is 1. The van der Waals surface area contributed by atoms with Gasteiger partial charge in [-0.15, -0.1) is 0 Å². The van der Waals surface area contributed by atoms with Crippen LogP contribution in [0.4, 0.5) is 13.2 Å². The maximum Gasteiger partial charge on any atom is 0.329 e. The molecule has 1 atom stereocenters. The van der Waals surface area contributed by atoms with Gasteiger partial charge in [-0.2, -0.15) is 9.49 Å². The molecule has 0 bridgehead atoms. The van der Waals surface area contributed by atoms with E-state index >= 15 is 0 Å². The molecule has 0 radical (unpaired) electrons. The standard InChI is InChI=1S/C44H43F3N8O5/c1-52-37-17-24(6-13-35(37)55(44(52)60)36-14-15-38(56)50-43(36)59)3-2-16-53-21-27-9-12-32(49-34(27)23-53)26-7-8-28-22-54(51-33(28)18-26)29-10-4-25(5-11-29)20-48-42(58)30-19-31(45)41(57)40(47)39(30)46/h6-9,12-13,17-19,22,25,29,36,57H,2-5,10-11,14-16,20-21,23H2,1H3,(H,48,58)(H,50,56,59)/t25?,29?,36-/m1/s1. The number of rotatable bonds is 10. The van der Waals surface area contributed by atoms with Crippen molar-refractivity contribution in [1.29, 1.82) is 0 Å². The fourth-order valence-electron chi connectivity index (χ4n) is 9.02. The van der Waals surface area contributed by atoms with Gasteiger partial charge in [-0.05, 0) is 98.9 Å². The Balaban J connectivity index is 0.782. The summed E-state index contributed by atoms with van der Waals surface area (Å²) in [4.78, 5) is 57.3. The van der Waals surface area contributed by atoms with Crippen LogP contribution >= 0.6 is 0 Å². The minimum Gasteiger partial charge on any atom is -0.503 e. The highest BCUT2D eigenvalue weighted by Gasteiger charge is 2.32. The molecule has 3 aliphatic rings. The van der Waals surface area contributed by atoms with Crippen LogP contribution in [0.3, 0.4) is 0 Å². The number of nitrogens with one attached hydrogen (secondary N) is 2. The molecule has 16 heteroatoms. The van der Waals surface area contributed by atoms with Crippen molar-refractivity contribution in [3.8, 4) is 17.0 Å². The number of piperidine rings is 1. The Kier molecular flexibility index (Phi) is 10.3. The van der Waals surface area contributed by atoms with E-state index in [1.165, 1.54) is 10.1 Å². The maximum absolute atomic E-state index is 14.2. The minimum atomic E-state index is -1.79. The van der Waals surface area contributed by atoms with Crippen LogP contribution in [0.5, 0.6) is 5.75 Å². The quantitative estimate of drug-likeness (QED) is 0.113. The molecule has 60 heavy (non-hydrogen) atoms. The zero-order valence-electron chi connectivity index (χ0n) is 32.9. The van der Waals surface area contributed by atoms with E-state index < -0.39 is 46.6 Å². The Hall–Kier alpha value is -6.29. The lowest BCUT2D eigenvalue weighted by Gasteiger charge is -2.28. The van der Waals surface area contributed by atoms with E-state index in [0.29, 0.717) is 18.0 Å². The summed E-state index contributed by atoms with van der Waals surface area (Å²) in [6.07, 6.45) is 7.48. The van der Waals surface area contributed by atoms with E-state index in [1.807, 2.05) is 29.1 Å². The summed E-state index contributed by atoms with van der Waals surface area (Å²) < 4.78 is 46.7. The normalized spacial score (nSPS) is 19.6. The lowest BCUT2D eigenvalue weighted by molar-refractivity contribution is -0.135. The summed E-state index contributed by atoms with van der Waals surface area (Å²) in [6.45, 7) is 2.68. The summed E-state index contributed by atoms with van der Waals surface area (Å²) in [5.41, 5.74) is 6.49. The first-order valence-corrected chi connectivity index (χ1v) is 20.3. The number of aromatic hydroxyl groups is 1. The van der Waals surface area contributed by atoms with E-state index in [2.05, 4.69) is 45.9 Å².